The predicted octanol–water partition coefficient (Wildman–Crippen LogP) is 3.29. The summed E-state index contributed by atoms with van der Waals surface area (Å²) in [6.45, 7) is 4.19. The number of aromatic nitrogens is 2. The standard InChI is InChI=1S/C23H22N4O6/c1-4-30-18-9-13(20-15(10-24)21(25)33-22-19(20)12(2)26-27-22)5-7-16(18)31-11-14-6-8-17(32-14)23(28)29-3/h5-9,20H,4,11,25H2,1-3H3,(H,26,27)/t20-/m1/s1. The molecule has 0 fully saturated rings. The van der Waals surface area contributed by atoms with Gasteiger partial charge in [0, 0.05) is 11.3 Å². The van der Waals surface area contributed by atoms with Crippen molar-refractivity contribution < 1.29 is 28.2 Å². The van der Waals surface area contributed by atoms with Crippen molar-refractivity contribution in [3.05, 3.63) is 70.1 Å². The van der Waals surface area contributed by atoms with E-state index in [1.54, 1.807) is 18.2 Å². The lowest BCUT2D eigenvalue weighted by Gasteiger charge is -2.24. The second kappa shape index (κ2) is 9.00. The van der Waals surface area contributed by atoms with Gasteiger partial charge in [0.25, 0.3) is 0 Å². The van der Waals surface area contributed by atoms with Crippen molar-refractivity contribution in [2.24, 2.45) is 5.73 Å². The maximum Gasteiger partial charge on any atom is 0.373 e. The number of esters is 1. The lowest BCUT2D eigenvalue weighted by Crippen LogP contribution is -2.21. The lowest BCUT2D eigenvalue weighted by atomic mass is 9.84. The lowest BCUT2D eigenvalue weighted by molar-refractivity contribution is 0.0561. The Balaban J connectivity index is 1.65. The molecule has 10 nitrogen and oxygen atoms in total. The summed E-state index contributed by atoms with van der Waals surface area (Å²) in [5.74, 6) is 0.821. The van der Waals surface area contributed by atoms with E-state index < -0.39 is 11.9 Å². The fourth-order valence-electron chi connectivity index (χ4n) is 3.64. The van der Waals surface area contributed by atoms with Gasteiger partial charge in [-0.15, -0.1) is 5.10 Å². The smallest absolute Gasteiger partial charge is 0.373 e. The van der Waals surface area contributed by atoms with Crippen molar-refractivity contribution in [3.63, 3.8) is 0 Å². The number of H-pyrrole nitrogens is 1. The number of hydrogen-bond acceptors (Lipinski definition) is 9. The Morgan fingerprint density at radius 1 is 1.27 bits per heavy atom. The van der Waals surface area contributed by atoms with Crippen LogP contribution in [0, 0.1) is 18.3 Å². The van der Waals surface area contributed by atoms with Crippen molar-refractivity contribution in [3.8, 4) is 23.4 Å². The van der Waals surface area contributed by atoms with Gasteiger partial charge < -0.3 is 29.1 Å². The predicted molar refractivity (Wildman–Crippen MR) is 115 cm³/mol. The molecule has 1 aromatic carbocycles. The Morgan fingerprint density at radius 2 is 2.09 bits per heavy atom. The summed E-state index contributed by atoms with van der Waals surface area (Å²) < 4.78 is 27.3. The number of nitrogens with zero attached hydrogens (tertiary/aromatic N) is 2. The number of carbonyl (C=O) groups excluding carboxylic acids is 1. The Hall–Kier alpha value is -4.39. The highest BCUT2D eigenvalue weighted by atomic mass is 16.5. The molecule has 0 spiro atoms. The van der Waals surface area contributed by atoms with E-state index in [1.807, 2.05) is 19.9 Å². The molecule has 1 aliphatic rings. The number of nitriles is 1. The molecule has 3 aromatic rings. The van der Waals surface area contributed by atoms with Crippen molar-refractivity contribution in [1.29, 1.82) is 5.26 Å². The van der Waals surface area contributed by atoms with Crippen LogP contribution in [0.1, 0.15) is 46.0 Å². The number of aromatic amines is 1. The minimum Gasteiger partial charge on any atom is -0.490 e. The summed E-state index contributed by atoms with van der Waals surface area (Å²) >= 11 is 0. The van der Waals surface area contributed by atoms with Gasteiger partial charge >= 0.3 is 5.97 Å². The van der Waals surface area contributed by atoms with E-state index in [9.17, 15) is 10.1 Å². The molecule has 3 N–H and O–H groups in total. The van der Waals surface area contributed by atoms with Crippen LogP contribution in [0.4, 0.5) is 0 Å². The number of benzene rings is 1. The minimum atomic E-state index is -0.563. The minimum absolute atomic E-state index is 0.0130. The number of carbonyl (C=O) groups is 1. The third kappa shape index (κ3) is 4.08. The Labute approximate surface area is 189 Å². The number of rotatable bonds is 7. The van der Waals surface area contributed by atoms with Crippen LogP contribution in [0.15, 0.2) is 46.2 Å². The van der Waals surface area contributed by atoms with Crippen molar-refractivity contribution in [1.82, 2.24) is 10.2 Å². The van der Waals surface area contributed by atoms with Crippen LogP contribution in [0.25, 0.3) is 0 Å². The first-order valence-corrected chi connectivity index (χ1v) is 10.2. The summed E-state index contributed by atoms with van der Waals surface area (Å²) in [7, 11) is 1.28. The van der Waals surface area contributed by atoms with Crippen molar-refractivity contribution in [2.75, 3.05) is 13.7 Å². The summed E-state index contributed by atoms with van der Waals surface area (Å²) in [6.07, 6.45) is 0. The molecule has 1 atom stereocenters. The molecule has 10 heteroatoms. The zero-order valence-electron chi connectivity index (χ0n) is 18.3. The van der Waals surface area contributed by atoms with Gasteiger partial charge in [0.2, 0.25) is 17.5 Å². The van der Waals surface area contributed by atoms with Crippen LogP contribution in [-0.4, -0.2) is 29.9 Å². The number of furan rings is 1. The Kier molecular flexibility index (Phi) is 5.95. The van der Waals surface area contributed by atoms with Gasteiger partial charge in [-0.3, -0.25) is 5.10 Å². The van der Waals surface area contributed by atoms with E-state index in [2.05, 4.69) is 21.0 Å². The van der Waals surface area contributed by atoms with Crippen LogP contribution >= 0.6 is 0 Å². The SMILES string of the molecule is CCOc1cc([C@@H]2C(C#N)=C(N)Oc3n[nH]c(C)c32)ccc1OCc1ccc(C(=O)OC)o1. The third-order valence-corrected chi connectivity index (χ3v) is 5.15. The van der Waals surface area contributed by atoms with E-state index in [4.69, 9.17) is 24.4 Å². The number of allylic oxidation sites excluding steroid dienone is 1. The fraction of sp³-hybridized carbons (Fsp3) is 0.261. The summed E-state index contributed by atoms with van der Waals surface area (Å²) in [5.41, 5.74) is 8.56. The quantitative estimate of drug-likeness (QED) is 0.518. The summed E-state index contributed by atoms with van der Waals surface area (Å²) in [5, 5.41) is 16.8. The molecule has 0 unspecified atom stereocenters. The molecule has 0 aliphatic carbocycles. The normalized spacial score (nSPS) is 14.8. The van der Waals surface area contributed by atoms with Gasteiger partial charge in [0.15, 0.2) is 11.5 Å². The number of fused-ring (bicyclic) bond motifs is 1. The molecule has 1 aliphatic heterocycles. The topological polar surface area (TPSA) is 146 Å². The molecular formula is C23H22N4O6. The largest absolute Gasteiger partial charge is 0.490 e. The maximum atomic E-state index is 11.6. The molecule has 33 heavy (non-hydrogen) atoms. The zero-order chi connectivity index (χ0) is 23.5. The van der Waals surface area contributed by atoms with E-state index in [1.165, 1.54) is 13.2 Å². The van der Waals surface area contributed by atoms with E-state index in [0.717, 1.165) is 16.8 Å². The summed E-state index contributed by atoms with van der Waals surface area (Å²) in [6, 6.07) is 10.7. The molecule has 0 amide bonds. The number of aryl methyl sites for hydroxylation is 1. The van der Waals surface area contributed by atoms with Gasteiger partial charge in [0.1, 0.15) is 24.0 Å². The number of ether oxygens (including phenoxy) is 4. The highest BCUT2D eigenvalue weighted by Crippen LogP contribution is 2.44. The average molecular weight is 450 g/mol. The molecule has 0 bridgehead atoms. The van der Waals surface area contributed by atoms with Gasteiger partial charge in [0.05, 0.1) is 19.6 Å². The molecule has 0 saturated heterocycles. The highest BCUT2D eigenvalue weighted by molar-refractivity contribution is 5.86. The molecule has 4 rings (SSSR count). The maximum absolute atomic E-state index is 11.6. The van der Waals surface area contributed by atoms with Gasteiger partial charge in [-0.05, 0) is 43.7 Å². The van der Waals surface area contributed by atoms with E-state index in [-0.39, 0.29) is 23.8 Å². The molecule has 170 valence electrons. The van der Waals surface area contributed by atoms with Gasteiger partial charge in [-0.1, -0.05) is 6.07 Å². The van der Waals surface area contributed by atoms with Crippen molar-refractivity contribution in [2.45, 2.75) is 26.4 Å². The second-order valence-corrected chi connectivity index (χ2v) is 7.18. The van der Waals surface area contributed by atoms with Crippen LogP contribution < -0.4 is 19.9 Å². The second-order valence-electron chi connectivity index (χ2n) is 7.18. The fourth-order valence-corrected chi connectivity index (χ4v) is 3.64. The first-order valence-electron chi connectivity index (χ1n) is 10.2. The monoisotopic (exact) mass is 450 g/mol. The Bertz CT molecular complexity index is 1270. The molecule has 2 aromatic heterocycles. The molecule has 0 saturated carbocycles. The number of hydrogen-bond donors (Lipinski definition) is 2. The average Bonchev–Trinajstić information content (AvgIpc) is 3.44. The van der Waals surface area contributed by atoms with Crippen LogP contribution in [0.3, 0.4) is 0 Å². The third-order valence-electron chi connectivity index (χ3n) is 5.15. The number of nitrogens with two attached hydrogens (primary N) is 1. The van der Waals surface area contributed by atoms with Crippen LogP contribution in [0.5, 0.6) is 17.4 Å². The molecular weight excluding hydrogens is 428 g/mol. The summed E-state index contributed by atoms with van der Waals surface area (Å²) in [4.78, 5) is 11.6. The first-order chi connectivity index (χ1) is 16.0. The Morgan fingerprint density at radius 3 is 2.82 bits per heavy atom. The van der Waals surface area contributed by atoms with E-state index in [0.29, 0.717) is 29.7 Å². The molecule has 3 heterocycles. The van der Waals surface area contributed by atoms with Crippen LogP contribution in [-0.2, 0) is 11.3 Å². The van der Waals surface area contributed by atoms with Crippen molar-refractivity contribution >= 4 is 5.97 Å². The van der Waals surface area contributed by atoms with Gasteiger partial charge in [-0.2, -0.15) is 5.26 Å². The first kappa shape index (κ1) is 21.8. The highest BCUT2D eigenvalue weighted by Gasteiger charge is 2.34. The van der Waals surface area contributed by atoms with Gasteiger partial charge in [-0.25, -0.2) is 4.79 Å². The zero-order valence-corrected chi connectivity index (χ0v) is 18.3. The van der Waals surface area contributed by atoms with E-state index >= 15 is 0 Å². The van der Waals surface area contributed by atoms with Crippen LogP contribution in [0.2, 0.25) is 0 Å². The molecule has 0 radical (unpaired) electrons. The number of nitrogens with one attached hydrogen (secondary N) is 1. The number of methoxy groups -OCH3 is 1.